The number of aromatic nitrogens is 1. The van der Waals surface area contributed by atoms with E-state index < -0.39 is 15.8 Å². The number of rotatable bonds is 3. The fourth-order valence-corrected chi connectivity index (χ4v) is 3.43. The van der Waals surface area contributed by atoms with Gasteiger partial charge in [-0.3, -0.25) is 4.72 Å². The summed E-state index contributed by atoms with van der Waals surface area (Å²) in [6.07, 6.45) is 0. The van der Waals surface area contributed by atoms with Crippen LogP contribution in [0.1, 0.15) is 10.6 Å². The normalized spacial score (nSPS) is 11.5. The average molecular weight is 301 g/mol. The zero-order valence-corrected chi connectivity index (χ0v) is 11.9. The number of nitrogen functional groups attached to an aromatic ring is 1. The molecule has 5 nitrogen and oxygen atoms in total. The third-order valence-corrected chi connectivity index (χ3v) is 4.99. The highest BCUT2D eigenvalue weighted by Crippen LogP contribution is 2.25. The molecule has 102 valence electrons. The first-order chi connectivity index (χ1) is 8.79. The maximum atomic E-state index is 13.3. The number of hydrogen-bond acceptors (Lipinski definition) is 5. The van der Waals surface area contributed by atoms with Crippen molar-refractivity contribution < 1.29 is 12.8 Å². The van der Waals surface area contributed by atoms with Gasteiger partial charge in [0, 0.05) is 4.88 Å². The van der Waals surface area contributed by atoms with Gasteiger partial charge in [-0.2, -0.15) is 0 Å². The molecule has 0 aliphatic heterocycles. The van der Waals surface area contributed by atoms with E-state index in [-0.39, 0.29) is 15.7 Å². The number of thiazole rings is 1. The lowest BCUT2D eigenvalue weighted by Gasteiger charge is -2.06. The third kappa shape index (κ3) is 2.85. The van der Waals surface area contributed by atoms with E-state index in [1.54, 1.807) is 6.92 Å². The first-order valence-electron chi connectivity index (χ1n) is 5.31. The van der Waals surface area contributed by atoms with E-state index >= 15 is 0 Å². The Morgan fingerprint density at radius 3 is 2.58 bits per heavy atom. The first kappa shape index (κ1) is 13.8. The highest BCUT2D eigenvalue weighted by molar-refractivity contribution is 7.93. The standard InChI is InChI=1S/C11H12FN3O2S2/c1-6-7(2)18-11(14-6)15-19(16,17)8-3-4-10(13)9(12)5-8/h3-5H,13H2,1-2H3,(H,14,15). The van der Waals surface area contributed by atoms with E-state index in [0.29, 0.717) is 0 Å². The van der Waals surface area contributed by atoms with Gasteiger partial charge in [-0.05, 0) is 32.0 Å². The number of aryl methyl sites for hydroxylation is 2. The zero-order chi connectivity index (χ0) is 14.2. The molecule has 8 heteroatoms. The monoisotopic (exact) mass is 301 g/mol. The van der Waals surface area contributed by atoms with E-state index in [9.17, 15) is 12.8 Å². The second kappa shape index (κ2) is 4.78. The minimum absolute atomic E-state index is 0.0973. The summed E-state index contributed by atoms with van der Waals surface area (Å²) in [6, 6.07) is 3.33. The molecule has 0 aliphatic carbocycles. The minimum atomic E-state index is -3.85. The van der Waals surface area contributed by atoms with Gasteiger partial charge in [0.25, 0.3) is 10.0 Å². The molecule has 0 unspecified atom stereocenters. The summed E-state index contributed by atoms with van der Waals surface area (Å²) >= 11 is 1.22. The van der Waals surface area contributed by atoms with Gasteiger partial charge in [-0.1, -0.05) is 0 Å². The Morgan fingerprint density at radius 2 is 2.05 bits per heavy atom. The summed E-state index contributed by atoms with van der Waals surface area (Å²) in [5.74, 6) is -0.769. The van der Waals surface area contributed by atoms with Crippen LogP contribution in [0.4, 0.5) is 15.2 Å². The summed E-state index contributed by atoms with van der Waals surface area (Å²) in [6.45, 7) is 3.63. The Morgan fingerprint density at radius 1 is 1.37 bits per heavy atom. The second-order valence-corrected chi connectivity index (χ2v) is 6.84. The van der Waals surface area contributed by atoms with Crippen LogP contribution in [-0.4, -0.2) is 13.4 Å². The van der Waals surface area contributed by atoms with Crippen molar-refractivity contribution in [1.82, 2.24) is 4.98 Å². The Bertz CT molecular complexity index is 706. The number of nitrogens with one attached hydrogen (secondary N) is 1. The number of hydrogen-bond donors (Lipinski definition) is 2. The molecule has 1 aromatic heterocycles. The van der Waals surface area contributed by atoms with Gasteiger partial charge < -0.3 is 5.73 Å². The molecule has 0 aliphatic rings. The van der Waals surface area contributed by atoms with Gasteiger partial charge in [0.1, 0.15) is 5.82 Å². The van der Waals surface area contributed by atoms with E-state index in [4.69, 9.17) is 5.73 Å². The average Bonchev–Trinajstić information content (AvgIpc) is 2.60. The smallest absolute Gasteiger partial charge is 0.263 e. The third-order valence-electron chi connectivity index (χ3n) is 2.53. The molecular weight excluding hydrogens is 289 g/mol. The van der Waals surface area contributed by atoms with Crippen LogP contribution < -0.4 is 10.5 Å². The van der Waals surface area contributed by atoms with E-state index in [1.807, 2.05) is 6.92 Å². The lowest BCUT2D eigenvalue weighted by Crippen LogP contribution is -2.13. The van der Waals surface area contributed by atoms with Crippen molar-refractivity contribution in [1.29, 1.82) is 0 Å². The molecule has 2 aromatic rings. The number of sulfonamides is 1. The summed E-state index contributed by atoms with van der Waals surface area (Å²) in [5, 5.41) is 0.257. The highest BCUT2D eigenvalue weighted by Gasteiger charge is 2.18. The summed E-state index contributed by atoms with van der Waals surface area (Å²) < 4.78 is 39.7. The van der Waals surface area contributed by atoms with Crippen LogP contribution >= 0.6 is 11.3 Å². The van der Waals surface area contributed by atoms with Gasteiger partial charge in [0.05, 0.1) is 16.3 Å². The van der Waals surface area contributed by atoms with Gasteiger partial charge in [-0.25, -0.2) is 17.8 Å². The van der Waals surface area contributed by atoms with Gasteiger partial charge in [0.15, 0.2) is 5.13 Å². The van der Waals surface area contributed by atoms with Crippen molar-refractivity contribution in [3.05, 3.63) is 34.6 Å². The molecule has 0 fully saturated rings. The number of benzene rings is 1. The molecule has 0 atom stereocenters. The Hall–Kier alpha value is -1.67. The van der Waals surface area contributed by atoms with Crippen molar-refractivity contribution in [2.24, 2.45) is 0 Å². The van der Waals surface area contributed by atoms with Crippen LogP contribution in [0.15, 0.2) is 23.1 Å². The van der Waals surface area contributed by atoms with E-state index in [1.165, 1.54) is 23.5 Å². The van der Waals surface area contributed by atoms with Crippen molar-refractivity contribution in [2.75, 3.05) is 10.5 Å². The van der Waals surface area contributed by atoms with Crippen molar-refractivity contribution >= 4 is 32.2 Å². The van der Waals surface area contributed by atoms with Gasteiger partial charge >= 0.3 is 0 Å². The van der Waals surface area contributed by atoms with Crippen LogP contribution in [0.3, 0.4) is 0 Å². The maximum Gasteiger partial charge on any atom is 0.263 e. The van der Waals surface area contributed by atoms with Crippen LogP contribution in [0.5, 0.6) is 0 Å². The predicted octanol–water partition coefficient (Wildman–Crippen LogP) is 2.28. The first-order valence-corrected chi connectivity index (χ1v) is 7.61. The van der Waals surface area contributed by atoms with Crippen LogP contribution in [0.25, 0.3) is 0 Å². The molecule has 0 bridgehead atoms. The molecule has 0 radical (unpaired) electrons. The van der Waals surface area contributed by atoms with Crippen LogP contribution in [-0.2, 0) is 10.0 Å². The SMILES string of the molecule is Cc1nc(NS(=O)(=O)c2ccc(N)c(F)c2)sc1C. The maximum absolute atomic E-state index is 13.3. The molecule has 1 aromatic carbocycles. The number of anilines is 2. The lowest BCUT2D eigenvalue weighted by atomic mass is 10.3. The highest BCUT2D eigenvalue weighted by atomic mass is 32.2. The second-order valence-electron chi connectivity index (χ2n) is 3.95. The van der Waals surface area contributed by atoms with E-state index in [0.717, 1.165) is 16.6 Å². The molecule has 0 amide bonds. The summed E-state index contributed by atoms with van der Waals surface area (Å²) in [7, 11) is -3.85. The summed E-state index contributed by atoms with van der Waals surface area (Å²) in [4.78, 5) is 4.80. The predicted molar refractivity (Wildman–Crippen MR) is 73.2 cm³/mol. The number of nitrogens with zero attached hydrogens (tertiary/aromatic N) is 1. The number of nitrogens with two attached hydrogens (primary N) is 1. The fourth-order valence-electron chi connectivity index (χ4n) is 1.37. The van der Waals surface area contributed by atoms with Gasteiger partial charge in [0.2, 0.25) is 0 Å². The van der Waals surface area contributed by atoms with Gasteiger partial charge in [-0.15, -0.1) is 11.3 Å². The Labute approximate surface area is 114 Å². The van der Waals surface area contributed by atoms with Crippen molar-refractivity contribution in [3.8, 4) is 0 Å². The molecule has 2 rings (SSSR count). The zero-order valence-electron chi connectivity index (χ0n) is 10.3. The molecular formula is C11H12FN3O2S2. The summed E-state index contributed by atoms with van der Waals surface area (Å²) in [5.41, 5.74) is 5.97. The quantitative estimate of drug-likeness (QED) is 0.852. The Kier molecular flexibility index (Phi) is 3.46. The van der Waals surface area contributed by atoms with Crippen LogP contribution in [0, 0.1) is 19.7 Å². The van der Waals surface area contributed by atoms with Crippen molar-refractivity contribution in [2.45, 2.75) is 18.7 Å². The molecule has 0 saturated carbocycles. The van der Waals surface area contributed by atoms with E-state index in [2.05, 4.69) is 9.71 Å². The number of halogens is 1. The fraction of sp³-hybridized carbons (Fsp3) is 0.182. The molecule has 1 heterocycles. The Balaban J connectivity index is 2.34. The van der Waals surface area contributed by atoms with Crippen molar-refractivity contribution in [3.63, 3.8) is 0 Å². The topological polar surface area (TPSA) is 85.1 Å². The molecule has 19 heavy (non-hydrogen) atoms. The lowest BCUT2D eigenvalue weighted by molar-refractivity contribution is 0.596. The molecule has 0 saturated heterocycles. The molecule has 0 spiro atoms. The van der Waals surface area contributed by atoms with Crippen LogP contribution in [0.2, 0.25) is 0 Å². The molecule has 3 N–H and O–H groups in total. The largest absolute Gasteiger partial charge is 0.396 e. The minimum Gasteiger partial charge on any atom is -0.396 e.